The predicted octanol–water partition coefficient (Wildman–Crippen LogP) is 2.41. The smallest absolute Gasteiger partial charge is 0.411 e. The Morgan fingerprint density at radius 2 is 2.19 bits per heavy atom. The van der Waals surface area contributed by atoms with Gasteiger partial charge < -0.3 is 10.5 Å². The van der Waals surface area contributed by atoms with E-state index in [1.54, 1.807) is 13.8 Å². The molecule has 0 aliphatic heterocycles. The van der Waals surface area contributed by atoms with Crippen LogP contribution in [0.1, 0.15) is 25.0 Å². The largest absolute Gasteiger partial charge is 0.447 e. The molecule has 0 aromatic heterocycles. The van der Waals surface area contributed by atoms with Crippen molar-refractivity contribution in [1.29, 1.82) is 0 Å². The molecule has 0 atom stereocenters. The SMILES string of the molecule is Cc1cccc(NC(=O)OC(C)C)c1CN. The highest BCUT2D eigenvalue weighted by atomic mass is 16.6. The second-order valence-corrected chi connectivity index (χ2v) is 3.88. The molecule has 0 saturated heterocycles. The van der Waals surface area contributed by atoms with Gasteiger partial charge in [0.1, 0.15) is 0 Å². The van der Waals surface area contributed by atoms with E-state index in [9.17, 15) is 4.79 Å². The van der Waals surface area contributed by atoms with Crippen LogP contribution in [0.5, 0.6) is 0 Å². The quantitative estimate of drug-likeness (QED) is 0.825. The summed E-state index contributed by atoms with van der Waals surface area (Å²) in [5, 5.41) is 2.69. The van der Waals surface area contributed by atoms with Crippen molar-refractivity contribution in [2.45, 2.75) is 33.4 Å². The molecule has 3 N–H and O–H groups in total. The Labute approximate surface area is 95.8 Å². The number of amides is 1. The molecule has 1 amide bonds. The number of nitrogens with one attached hydrogen (secondary N) is 1. The third kappa shape index (κ3) is 3.24. The number of carbonyl (C=O) groups excluding carboxylic acids is 1. The summed E-state index contributed by atoms with van der Waals surface area (Å²) < 4.78 is 5.00. The Morgan fingerprint density at radius 1 is 1.50 bits per heavy atom. The van der Waals surface area contributed by atoms with E-state index in [-0.39, 0.29) is 6.10 Å². The number of aryl methyl sites for hydroxylation is 1. The van der Waals surface area contributed by atoms with Gasteiger partial charge in [-0.25, -0.2) is 4.79 Å². The Balaban J connectivity index is 2.81. The summed E-state index contributed by atoms with van der Waals surface area (Å²) in [5.74, 6) is 0. The first kappa shape index (κ1) is 12.5. The number of benzene rings is 1. The maximum atomic E-state index is 11.4. The van der Waals surface area contributed by atoms with E-state index in [2.05, 4.69) is 5.32 Å². The van der Waals surface area contributed by atoms with Crippen LogP contribution in [0.25, 0.3) is 0 Å². The molecule has 1 rings (SSSR count). The van der Waals surface area contributed by atoms with Crippen LogP contribution >= 0.6 is 0 Å². The van der Waals surface area contributed by atoms with Crippen molar-refractivity contribution in [1.82, 2.24) is 0 Å². The second kappa shape index (κ2) is 5.51. The first-order valence-corrected chi connectivity index (χ1v) is 5.30. The molecule has 0 fully saturated rings. The summed E-state index contributed by atoms with van der Waals surface area (Å²) in [6.07, 6.45) is -0.582. The van der Waals surface area contributed by atoms with Crippen LogP contribution < -0.4 is 11.1 Å². The first-order valence-electron chi connectivity index (χ1n) is 5.30. The number of carbonyl (C=O) groups is 1. The van der Waals surface area contributed by atoms with Crippen LogP contribution in [-0.4, -0.2) is 12.2 Å². The highest BCUT2D eigenvalue weighted by Gasteiger charge is 2.09. The lowest BCUT2D eigenvalue weighted by Crippen LogP contribution is -2.19. The van der Waals surface area contributed by atoms with Crippen LogP contribution in [-0.2, 0) is 11.3 Å². The van der Waals surface area contributed by atoms with E-state index < -0.39 is 6.09 Å². The lowest BCUT2D eigenvalue weighted by atomic mass is 10.1. The molecule has 0 bridgehead atoms. The number of nitrogens with two attached hydrogens (primary N) is 1. The van der Waals surface area contributed by atoms with Gasteiger partial charge >= 0.3 is 6.09 Å². The molecule has 0 aliphatic rings. The van der Waals surface area contributed by atoms with Crippen molar-refractivity contribution in [3.05, 3.63) is 29.3 Å². The Bertz CT molecular complexity index is 375. The minimum absolute atomic E-state index is 0.133. The van der Waals surface area contributed by atoms with E-state index in [1.165, 1.54) is 0 Å². The topological polar surface area (TPSA) is 64.3 Å². The summed E-state index contributed by atoms with van der Waals surface area (Å²) in [5.41, 5.74) is 8.35. The van der Waals surface area contributed by atoms with Gasteiger partial charge in [-0.1, -0.05) is 12.1 Å². The molecule has 0 saturated carbocycles. The number of anilines is 1. The molecular weight excluding hydrogens is 204 g/mol. The lowest BCUT2D eigenvalue weighted by molar-refractivity contribution is 0.130. The van der Waals surface area contributed by atoms with Gasteiger partial charge in [-0.15, -0.1) is 0 Å². The van der Waals surface area contributed by atoms with Crippen molar-refractivity contribution < 1.29 is 9.53 Å². The van der Waals surface area contributed by atoms with Gasteiger partial charge in [0.15, 0.2) is 0 Å². The summed E-state index contributed by atoms with van der Waals surface area (Å²) in [4.78, 5) is 11.4. The fourth-order valence-electron chi connectivity index (χ4n) is 1.44. The predicted molar refractivity (Wildman–Crippen MR) is 64.3 cm³/mol. The molecule has 88 valence electrons. The van der Waals surface area contributed by atoms with Crippen LogP contribution in [0.2, 0.25) is 0 Å². The van der Waals surface area contributed by atoms with Gasteiger partial charge in [-0.3, -0.25) is 5.32 Å². The molecule has 16 heavy (non-hydrogen) atoms. The van der Waals surface area contributed by atoms with Gasteiger partial charge in [-0.2, -0.15) is 0 Å². The number of ether oxygens (including phenoxy) is 1. The van der Waals surface area contributed by atoms with Crippen molar-refractivity contribution in [3.8, 4) is 0 Å². The Morgan fingerprint density at radius 3 is 2.75 bits per heavy atom. The van der Waals surface area contributed by atoms with E-state index in [1.807, 2.05) is 25.1 Å². The monoisotopic (exact) mass is 222 g/mol. The van der Waals surface area contributed by atoms with E-state index in [4.69, 9.17) is 10.5 Å². The zero-order valence-electron chi connectivity index (χ0n) is 9.91. The molecule has 0 unspecified atom stereocenters. The van der Waals surface area contributed by atoms with E-state index >= 15 is 0 Å². The van der Waals surface area contributed by atoms with Gasteiger partial charge in [0, 0.05) is 12.2 Å². The van der Waals surface area contributed by atoms with E-state index in [0.29, 0.717) is 12.2 Å². The van der Waals surface area contributed by atoms with Gasteiger partial charge in [0.2, 0.25) is 0 Å². The van der Waals surface area contributed by atoms with Crippen molar-refractivity contribution >= 4 is 11.8 Å². The highest BCUT2D eigenvalue weighted by Crippen LogP contribution is 2.19. The van der Waals surface area contributed by atoms with Crippen LogP contribution in [0.4, 0.5) is 10.5 Å². The minimum Gasteiger partial charge on any atom is -0.447 e. The van der Waals surface area contributed by atoms with Crippen molar-refractivity contribution in [2.75, 3.05) is 5.32 Å². The summed E-state index contributed by atoms with van der Waals surface area (Å²) >= 11 is 0. The Kier molecular flexibility index (Phi) is 4.31. The zero-order chi connectivity index (χ0) is 12.1. The van der Waals surface area contributed by atoms with E-state index in [0.717, 1.165) is 11.1 Å². The summed E-state index contributed by atoms with van der Waals surface area (Å²) in [6.45, 7) is 5.96. The fourth-order valence-corrected chi connectivity index (χ4v) is 1.44. The summed E-state index contributed by atoms with van der Waals surface area (Å²) in [6, 6.07) is 5.65. The Hall–Kier alpha value is -1.55. The molecule has 0 aliphatic carbocycles. The molecule has 4 heteroatoms. The fraction of sp³-hybridized carbons (Fsp3) is 0.417. The van der Waals surface area contributed by atoms with Crippen LogP contribution in [0.15, 0.2) is 18.2 Å². The number of hydrogen-bond acceptors (Lipinski definition) is 3. The number of hydrogen-bond donors (Lipinski definition) is 2. The molecule has 0 radical (unpaired) electrons. The average Bonchev–Trinajstić information content (AvgIpc) is 2.16. The van der Waals surface area contributed by atoms with Crippen molar-refractivity contribution in [3.63, 3.8) is 0 Å². The maximum Gasteiger partial charge on any atom is 0.411 e. The standard InChI is InChI=1S/C12H18N2O2/c1-8(2)16-12(15)14-11-6-4-5-9(3)10(11)7-13/h4-6,8H,7,13H2,1-3H3,(H,14,15). The van der Waals surface area contributed by atoms with Gasteiger partial charge in [0.05, 0.1) is 6.10 Å². The minimum atomic E-state index is -0.449. The van der Waals surface area contributed by atoms with Crippen molar-refractivity contribution in [2.24, 2.45) is 5.73 Å². The third-order valence-electron chi connectivity index (χ3n) is 2.19. The molecule has 0 heterocycles. The second-order valence-electron chi connectivity index (χ2n) is 3.88. The maximum absolute atomic E-state index is 11.4. The zero-order valence-corrected chi connectivity index (χ0v) is 9.91. The third-order valence-corrected chi connectivity index (χ3v) is 2.19. The normalized spacial score (nSPS) is 10.3. The lowest BCUT2D eigenvalue weighted by Gasteiger charge is -2.13. The summed E-state index contributed by atoms with van der Waals surface area (Å²) in [7, 11) is 0. The molecule has 0 spiro atoms. The first-order chi connectivity index (χ1) is 7.54. The van der Waals surface area contributed by atoms with Crippen LogP contribution in [0.3, 0.4) is 0 Å². The van der Waals surface area contributed by atoms with Gasteiger partial charge in [-0.05, 0) is 38.0 Å². The molecule has 1 aromatic rings. The van der Waals surface area contributed by atoms with Gasteiger partial charge in [0.25, 0.3) is 0 Å². The average molecular weight is 222 g/mol. The molecular formula is C12H18N2O2. The molecule has 1 aromatic carbocycles. The highest BCUT2D eigenvalue weighted by molar-refractivity contribution is 5.86. The number of rotatable bonds is 3. The van der Waals surface area contributed by atoms with Crippen LogP contribution in [0, 0.1) is 6.92 Å². The molecule has 4 nitrogen and oxygen atoms in total.